The number of Topliss-reactive ketones (excluding diaryl/α,β-unsaturated/α-hetero) is 1. The molecule has 1 aliphatic heterocycles. The molecule has 10 heteroatoms. The molecule has 39 heavy (non-hydrogen) atoms. The van der Waals surface area contributed by atoms with Crippen molar-refractivity contribution in [2.24, 2.45) is 0 Å². The monoisotopic (exact) mass is 559 g/mol. The summed E-state index contributed by atoms with van der Waals surface area (Å²) in [6, 6.07) is 14.7. The van der Waals surface area contributed by atoms with E-state index < -0.39 is 17.9 Å². The first-order chi connectivity index (χ1) is 18.8. The maximum absolute atomic E-state index is 13.7. The van der Waals surface area contributed by atoms with E-state index in [1.807, 2.05) is 25.1 Å². The van der Waals surface area contributed by atoms with Crippen molar-refractivity contribution >= 4 is 46.6 Å². The standard InChI is InChI=1S/C29H23Cl2N5O3/c1-17-5-8-26(33-14-17)35-28(38)22-7-6-18(10-23(22)31)16-36-24(13-21-4-2-3-9-32-21)25(37)12-19-11-20(30)15-34-27(19)29(36)39/h2-11,14-15,24H,12-13,16H2,1H3,(H,33,35,38)/t24-/m1/s1. The van der Waals surface area contributed by atoms with E-state index in [2.05, 4.69) is 20.3 Å². The number of aryl methyl sites for hydroxylation is 1. The zero-order chi connectivity index (χ0) is 27.5. The predicted octanol–water partition coefficient (Wildman–Crippen LogP) is 5.12. The summed E-state index contributed by atoms with van der Waals surface area (Å²) in [5.74, 6) is -0.545. The van der Waals surface area contributed by atoms with Crippen LogP contribution in [-0.2, 0) is 24.2 Å². The number of nitrogens with zero attached hydrogens (tertiary/aromatic N) is 4. The molecule has 4 heterocycles. The lowest BCUT2D eigenvalue weighted by molar-refractivity contribution is -0.122. The average molecular weight is 560 g/mol. The Morgan fingerprint density at radius 1 is 1.03 bits per heavy atom. The Kier molecular flexibility index (Phi) is 7.67. The number of carbonyl (C=O) groups excluding carboxylic acids is 3. The van der Waals surface area contributed by atoms with Crippen LogP contribution in [0.3, 0.4) is 0 Å². The lowest BCUT2D eigenvalue weighted by atomic mass is 10.00. The van der Waals surface area contributed by atoms with Gasteiger partial charge in [-0.15, -0.1) is 0 Å². The summed E-state index contributed by atoms with van der Waals surface area (Å²) in [4.78, 5) is 54.3. The van der Waals surface area contributed by atoms with Crippen LogP contribution in [0.1, 0.15) is 43.2 Å². The largest absolute Gasteiger partial charge is 0.323 e. The second kappa shape index (κ2) is 11.3. The smallest absolute Gasteiger partial charge is 0.273 e. The minimum absolute atomic E-state index is 0.0234. The Balaban J connectivity index is 1.44. The number of pyridine rings is 3. The maximum Gasteiger partial charge on any atom is 0.273 e. The Morgan fingerprint density at radius 3 is 2.59 bits per heavy atom. The van der Waals surface area contributed by atoms with Gasteiger partial charge in [0.1, 0.15) is 11.5 Å². The third-order valence-corrected chi connectivity index (χ3v) is 6.94. The molecule has 0 aliphatic carbocycles. The molecule has 0 saturated carbocycles. The number of carbonyl (C=O) groups is 3. The molecule has 2 amide bonds. The molecule has 3 aromatic heterocycles. The fraction of sp³-hybridized carbons (Fsp3) is 0.172. The number of ketones is 1. The van der Waals surface area contributed by atoms with Crippen molar-refractivity contribution in [3.8, 4) is 0 Å². The van der Waals surface area contributed by atoms with Crippen molar-refractivity contribution in [1.29, 1.82) is 0 Å². The topological polar surface area (TPSA) is 105 Å². The van der Waals surface area contributed by atoms with Crippen molar-refractivity contribution < 1.29 is 14.4 Å². The number of nitrogens with one attached hydrogen (secondary N) is 1. The van der Waals surface area contributed by atoms with Gasteiger partial charge >= 0.3 is 0 Å². The zero-order valence-corrected chi connectivity index (χ0v) is 22.4. The van der Waals surface area contributed by atoms with E-state index in [-0.39, 0.29) is 41.4 Å². The van der Waals surface area contributed by atoms with Crippen LogP contribution >= 0.6 is 23.2 Å². The molecule has 0 fully saturated rings. The highest BCUT2D eigenvalue weighted by Gasteiger charge is 2.36. The quantitative estimate of drug-likeness (QED) is 0.351. The molecule has 0 saturated heterocycles. The minimum atomic E-state index is -0.783. The van der Waals surface area contributed by atoms with Gasteiger partial charge in [-0.3, -0.25) is 19.4 Å². The summed E-state index contributed by atoms with van der Waals surface area (Å²) < 4.78 is 0. The van der Waals surface area contributed by atoms with Gasteiger partial charge in [0.2, 0.25) is 0 Å². The van der Waals surface area contributed by atoms with Crippen LogP contribution in [0.4, 0.5) is 5.82 Å². The first-order valence-corrected chi connectivity index (χ1v) is 12.9. The van der Waals surface area contributed by atoms with Gasteiger partial charge in [0, 0.05) is 43.7 Å². The van der Waals surface area contributed by atoms with Crippen LogP contribution < -0.4 is 5.32 Å². The Morgan fingerprint density at radius 2 is 1.87 bits per heavy atom. The highest BCUT2D eigenvalue weighted by atomic mass is 35.5. The molecule has 0 unspecified atom stereocenters. The van der Waals surface area contributed by atoms with Gasteiger partial charge in [-0.25, -0.2) is 9.97 Å². The molecule has 1 aliphatic rings. The van der Waals surface area contributed by atoms with E-state index in [0.717, 1.165) is 5.56 Å². The second-order valence-corrected chi connectivity index (χ2v) is 10.1. The van der Waals surface area contributed by atoms with Crippen LogP contribution in [0.25, 0.3) is 0 Å². The molecule has 1 N–H and O–H groups in total. The molecular weight excluding hydrogens is 537 g/mol. The molecule has 5 rings (SSSR count). The van der Waals surface area contributed by atoms with Crippen LogP contribution in [0.2, 0.25) is 10.0 Å². The molecule has 1 atom stereocenters. The van der Waals surface area contributed by atoms with Crippen LogP contribution in [0.5, 0.6) is 0 Å². The van der Waals surface area contributed by atoms with Gasteiger partial charge in [0.05, 0.1) is 21.7 Å². The number of fused-ring (bicyclic) bond motifs is 1. The number of rotatable bonds is 6. The molecule has 1 aromatic carbocycles. The van der Waals surface area contributed by atoms with Crippen molar-refractivity contribution in [1.82, 2.24) is 19.9 Å². The minimum Gasteiger partial charge on any atom is -0.323 e. The first-order valence-electron chi connectivity index (χ1n) is 12.2. The number of hydrogen-bond acceptors (Lipinski definition) is 6. The van der Waals surface area contributed by atoms with Crippen molar-refractivity contribution in [2.45, 2.75) is 32.4 Å². The van der Waals surface area contributed by atoms with Crippen LogP contribution in [0, 0.1) is 6.92 Å². The fourth-order valence-electron chi connectivity index (χ4n) is 4.45. The lowest BCUT2D eigenvalue weighted by Crippen LogP contribution is -2.45. The van der Waals surface area contributed by atoms with E-state index in [9.17, 15) is 14.4 Å². The molecular formula is C29H23Cl2N5O3. The van der Waals surface area contributed by atoms with Crippen molar-refractivity contribution in [3.63, 3.8) is 0 Å². The number of amides is 2. The van der Waals surface area contributed by atoms with Gasteiger partial charge in [0.15, 0.2) is 5.78 Å². The highest BCUT2D eigenvalue weighted by molar-refractivity contribution is 6.34. The molecule has 4 aromatic rings. The van der Waals surface area contributed by atoms with E-state index in [1.54, 1.807) is 48.8 Å². The third kappa shape index (κ3) is 5.97. The summed E-state index contributed by atoms with van der Waals surface area (Å²) in [5, 5.41) is 3.29. The highest BCUT2D eigenvalue weighted by Crippen LogP contribution is 2.27. The van der Waals surface area contributed by atoms with Crippen LogP contribution in [-0.4, -0.2) is 43.5 Å². The Hall–Kier alpha value is -4.14. The summed E-state index contributed by atoms with van der Waals surface area (Å²) in [5.41, 5.74) is 3.23. The predicted molar refractivity (Wildman–Crippen MR) is 148 cm³/mol. The molecule has 0 bridgehead atoms. The summed E-state index contributed by atoms with van der Waals surface area (Å²) in [7, 11) is 0. The summed E-state index contributed by atoms with van der Waals surface area (Å²) in [6.07, 6.45) is 4.96. The zero-order valence-electron chi connectivity index (χ0n) is 20.9. The fourth-order valence-corrected chi connectivity index (χ4v) is 4.92. The maximum atomic E-state index is 13.7. The molecule has 0 radical (unpaired) electrons. The van der Waals surface area contributed by atoms with Crippen LogP contribution in [0.15, 0.2) is 73.2 Å². The van der Waals surface area contributed by atoms with E-state index in [1.165, 1.54) is 11.1 Å². The molecule has 0 spiro atoms. The first kappa shape index (κ1) is 26.5. The summed E-state index contributed by atoms with van der Waals surface area (Å²) in [6.45, 7) is 1.98. The van der Waals surface area contributed by atoms with E-state index >= 15 is 0 Å². The second-order valence-electron chi connectivity index (χ2n) is 9.27. The van der Waals surface area contributed by atoms with Gasteiger partial charge < -0.3 is 10.2 Å². The number of halogens is 2. The number of aromatic nitrogens is 3. The molecule has 196 valence electrons. The van der Waals surface area contributed by atoms with Gasteiger partial charge in [0.25, 0.3) is 11.8 Å². The van der Waals surface area contributed by atoms with Gasteiger partial charge in [-0.1, -0.05) is 41.4 Å². The van der Waals surface area contributed by atoms with Crippen molar-refractivity contribution in [2.75, 3.05) is 5.32 Å². The Bertz CT molecular complexity index is 1560. The molecule has 8 nitrogen and oxygen atoms in total. The third-order valence-electron chi connectivity index (χ3n) is 6.42. The van der Waals surface area contributed by atoms with Gasteiger partial charge in [-0.2, -0.15) is 0 Å². The number of hydrogen-bond donors (Lipinski definition) is 1. The number of anilines is 1. The SMILES string of the molecule is Cc1ccc(NC(=O)c2ccc(CN3C(=O)c4ncc(Cl)cc4CC(=O)[C@H]3Cc3ccccn3)cc2Cl)nc1. The lowest BCUT2D eigenvalue weighted by Gasteiger charge is -2.29. The normalized spacial score (nSPS) is 15.1. The Labute approximate surface area is 235 Å². The average Bonchev–Trinajstić information content (AvgIpc) is 3.00. The van der Waals surface area contributed by atoms with E-state index in [0.29, 0.717) is 27.7 Å². The summed E-state index contributed by atoms with van der Waals surface area (Å²) >= 11 is 12.6. The number of benzene rings is 1. The van der Waals surface area contributed by atoms with Crippen molar-refractivity contribution in [3.05, 3.63) is 117 Å². The van der Waals surface area contributed by atoms with Gasteiger partial charge in [-0.05, 0) is 60.0 Å². The van der Waals surface area contributed by atoms with E-state index in [4.69, 9.17) is 23.2 Å².